The zero-order valence-corrected chi connectivity index (χ0v) is 17.5. The molecule has 8 nitrogen and oxygen atoms in total. The molecular formula is C19H17N5O3S2. The number of carboxylic acids is 1. The van der Waals surface area contributed by atoms with Gasteiger partial charge in [0, 0.05) is 4.90 Å². The molecule has 2 aromatic rings. The molecule has 3 rings (SSSR count). The molecule has 1 aliphatic heterocycles. The van der Waals surface area contributed by atoms with Crippen LogP contribution in [0.25, 0.3) is 0 Å². The van der Waals surface area contributed by atoms with Crippen LogP contribution in [0.4, 0.5) is 5.69 Å². The van der Waals surface area contributed by atoms with Crippen LogP contribution >= 0.6 is 24.0 Å². The van der Waals surface area contributed by atoms with E-state index in [9.17, 15) is 14.9 Å². The van der Waals surface area contributed by atoms with Crippen molar-refractivity contribution in [3.05, 3.63) is 47.5 Å². The number of thiocarbonyl (C=S) groups is 1. The predicted octanol–water partition coefficient (Wildman–Crippen LogP) is 2.68. The number of carbonyl (C=O) groups excluding carboxylic acids is 1. The summed E-state index contributed by atoms with van der Waals surface area (Å²) in [6.07, 6.45) is 3.27. The van der Waals surface area contributed by atoms with Crippen LogP contribution in [0.3, 0.4) is 0 Å². The Morgan fingerprint density at radius 2 is 2.14 bits per heavy atom. The number of pyridine rings is 2. The summed E-state index contributed by atoms with van der Waals surface area (Å²) in [5.74, 6) is -1.36. The molecule has 1 N–H and O–H groups in total. The first-order valence-electron chi connectivity index (χ1n) is 8.50. The first-order valence-corrected chi connectivity index (χ1v) is 10.1. The summed E-state index contributed by atoms with van der Waals surface area (Å²) in [5, 5.41) is 18.6. The van der Waals surface area contributed by atoms with E-state index >= 15 is 0 Å². The predicted molar refractivity (Wildman–Crippen MR) is 112 cm³/mol. The lowest BCUT2D eigenvalue weighted by Crippen LogP contribution is -2.43. The topological polar surface area (TPSA) is 110 Å². The molecule has 1 saturated heterocycles. The van der Waals surface area contributed by atoms with Crippen LogP contribution < -0.4 is 4.90 Å². The van der Waals surface area contributed by atoms with E-state index in [1.807, 2.05) is 12.3 Å². The molecule has 0 aliphatic carbocycles. The second-order valence-corrected chi connectivity index (χ2v) is 7.96. The maximum Gasteiger partial charge on any atom is 0.354 e. The number of carboxylic acid groups (broad SMARTS) is 1. The van der Waals surface area contributed by atoms with Gasteiger partial charge in [-0.1, -0.05) is 6.07 Å². The number of nitrogens with zero attached hydrogens (tertiary/aromatic N) is 5. The van der Waals surface area contributed by atoms with Crippen molar-refractivity contribution in [1.82, 2.24) is 14.9 Å². The number of aromatic carboxylic acids is 1. The fraction of sp³-hybridized carbons (Fsp3) is 0.263. The zero-order valence-electron chi connectivity index (χ0n) is 15.9. The lowest BCUT2D eigenvalue weighted by atomic mass is 10.0. The molecular weight excluding hydrogens is 410 g/mol. The summed E-state index contributed by atoms with van der Waals surface area (Å²) in [7, 11) is 0. The lowest BCUT2D eigenvalue weighted by molar-refractivity contribution is -0.123. The van der Waals surface area contributed by atoms with Crippen LogP contribution in [0, 0.1) is 11.3 Å². The average Bonchev–Trinajstić information content (AvgIpc) is 2.87. The Kier molecular flexibility index (Phi) is 5.55. The standard InChI is InChI=1S/C19H17N5O3S2/c1-19(2)17(27)24(12-7-15(29-3)14(8-20)21-9-12)18(28)23(19)10-11-5-4-6-13(22-11)16(25)26/h4-7,9H,10H2,1-3H3,(H,25,26). The van der Waals surface area contributed by atoms with Gasteiger partial charge in [0.2, 0.25) is 0 Å². The molecule has 1 amide bonds. The summed E-state index contributed by atoms with van der Waals surface area (Å²) < 4.78 is 0. The van der Waals surface area contributed by atoms with Crippen LogP contribution in [0.15, 0.2) is 35.4 Å². The van der Waals surface area contributed by atoms with Crippen LogP contribution in [0.5, 0.6) is 0 Å². The molecule has 0 radical (unpaired) electrons. The van der Waals surface area contributed by atoms with E-state index in [0.717, 1.165) is 0 Å². The number of aromatic nitrogens is 2. The summed E-state index contributed by atoms with van der Waals surface area (Å²) in [5.41, 5.74) is 0.203. The van der Waals surface area contributed by atoms with Crippen molar-refractivity contribution in [3.63, 3.8) is 0 Å². The van der Waals surface area contributed by atoms with Gasteiger partial charge in [0.1, 0.15) is 17.3 Å². The van der Waals surface area contributed by atoms with Crippen molar-refractivity contribution in [2.75, 3.05) is 11.2 Å². The largest absolute Gasteiger partial charge is 0.477 e. The monoisotopic (exact) mass is 427 g/mol. The fourth-order valence-electron chi connectivity index (χ4n) is 2.97. The molecule has 3 heterocycles. The van der Waals surface area contributed by atoms with Gasteiger partial charge in [0.25, 0.3) is 5.91 Å². The number of nitriles is 1. The van der Waals surface area contributed by atoms with Gasteiger partial charge in [-0.05, 0) is 50.5 Å². The number of hydrogen-bond acceptors (Lipinski definition) is 7. The summed E-state index contributed by atoms with van der Waals surface area (Å²) in [4.78, 5) is 36.3. The summed E-state index contributed by atoms with van der Waals surface area (Å²) in [6, 6.07) is 8.43. The van der Waals surface area contributed by atoms with Gasteiger partial charge in [-0.15, -0.1) is 11.8 Å². The highest BCUT2D eigenvalue weighted by molar-refractivity contribution is 7.98. The average molecular weight is 428 g/mol. The highest BCUT2D eigenvalue weighted by Gasteiger charge is 2.49. The molecule has 1 aliphatic rings. The third kappa shape index (κ3) is 3.66. The van der Waals surface area contributed by atoms with Crippen molar-refractivity contribution in [2.24, 2.45) is 0 Å². The Morgan fingerprint density at radius 3 is 2.76 bits per heavy atom. The lowest BCUT2D eigenvalue weighted by Gasteiger charge is -2.29. The van der Waals surface area contributed by atoms with E-state index in [1.165, 1.54) is 28.9 Å². The van der Waals surface area contributed by atoms with E-state index in [1.54, 1.807) is 36.9 Å². The second-order valence-electron chi connectivity index (χ2n) is 6.74. The van der Waals surface area contributed by atoms with E-state index in [0.29, 0.717) is 16.3 Å². The third-order valence-corrected chi connectivity index (χ3v) is 5.75. The number of thioether (sulfide) groups is 1. The summed E-state index contributed by atoms with van der Waals surface area (Å²) >= 11 is 6.94. The molecule has 0 unspecified atom stereocenters. The fourth-order valence-corrected chi connectivity index (χ4v) is 3.98. The van der Waals surface area contributed by atoms with Crippen molar-refractivity contribution in [2.45, 2.75) is 30.8 Å². The molecule has 0 atom stereocenters. The Labute approximate surface area is 177 Å². The normalized spacial score (nSPS) is 15.5. The number of rotatable bonds is 5. The van der Waals surface area contributed by atoms with Gasteiger partial charge < -0.3 is 10.0 Å². The maximum absolute atomic E-state index is 13.2. The van der Waals surface area contributed by atoms with Crippen LogP contribution in [0.1, 0.15) is 35.7 Å². The van der Waals surface area contributed by atoms with Gasteiger partial charge in [-0.25, -0.2) is 14.8 Å². The van der Waals surface area contributed by atoms with Gasteiger partial charge in [-0.2, -0.15) is 5.26 Å². The van der Waals surface area contributed by atoms with E-state index in [2.05, 4.69) is 9.97 Å². The van der Waals surface area contributed by atoms with Crippen molar-refractivity contribution >= 4 is 46.7 Å². The van der Waals surface area contributed by atoms with E-state index < -0.39 is 11.5 Å². The molecule has 0 bridgehead atoms. The van der Waals surface area contributed by atoms with Crippen molar-refractivity contribution in [3.8, 4) is 6.07 Å². The van der Waals surface area contributed by atoms with Gasteiger partial charge >= 0.3 is 5.97 Å². The minimum absolute atomic E-state index is 0.0745. The number of carbonyl (C=O) groups is 2. The Balaban J connectivity index is 1.97. The van der Waals surface area contributed by atoms with Crippen LogP contribution in [-0.4, -0.2) is 48.8 Å². The molecule has 2 aromatic heterocycles. The number of amides is 1. The molecule has 29 heavy (non-hydrogen) atoms. The first kappa shape index (κ1) is 20.7. The second kappa shape index (κ2) is 7.77. The minimum Gasteiger partial charge on any atom is -0.477 e. The smallest absolute Gasteiger partial charge is 0.354 e. The molecule has 0 aromatic carbocycles. The van der Waals surface area contributed by atoms with Crippen LogP contribution in [0.2, 0.25) is 0 Å². The summed E-state index contributed by atoms with van der Waals surface area (Å²) in [6.45, 7) is 3.67. The molecule has 148 valence electrons. The van der Waals surface area contributed by atoms with E-state index in [-0.39, 0.29) is 29.0 Å². The van der Waals surface area contributed by atoms with Gasteiger partial charge in [0.05, 0.1) is 24.1 Å². The van der Waals surface area contributed by atoms with Crippen molar-refractivity contribution < 1.29 is 14.7 Å². The Bertz CT molecular complexity index is 1060. The highest BCUT2D eigenvalue weighted by Crippen LogP contribution is 2.34. The van der Waals surface area contributed by atoms with Crippen LogP contribution in [-0.2, 0) is 11.3 Å². The number of anilines is 1. The molecule has 0 spiro atoms. The first-order chi connectivity index (χ1) is 13.7. The SMILES string of the molecule is CSc1cc(N2C(=O)C(C)(C)N(Cc3cccc(C(=O)O)n3)C2=S)cnc1C#N. The highest BCUT2D eigenvalue weighted by atomic mass is 32.2. The quantitative estimate of drug-likeness (QED) is 0.569. The number of hydrogen-bond donors (Lipinski definition) is 1. The minimum atomic E-state index is -1.12. The van der Waals surface area contributed by atoms with Gasteiger partial charge in [-0.3, -0.25) is 9.69 Å². The van der Waals surface area contributed by atoms with Crippen molar-refractivity contribution in [1.29, 1.82) is 5.26 Å². The van der Waals surface area contributed by atoms with E-state index in [4.69, 9.17) is 17.3 Å². The Hall–Kier alpha value is -3.03. The van der Waals surface area contributed by atoms with Gasteiger partial charge in [0.15, 0.2) is 10.8 Å². The molecule has 10 heteroatoms. The Morgan fingerprint density at radius 1 is 1.41 bits per heavy atom. The zero-order chi connectivity index (χ0) is 21.3. The third-order valence-electron chi connectivity index (χ3n) is 4.59. The molecule has 1 fully saturated rings. The maximum atomic E-state index is 13.2. The molecule has 0 saturated carbocycles.